The molecule has 220 valence electrons. The first-order chi connectivity index (χ1) is 20.6. The first-order valence-corrected chi connectivity index (χ1v) is 14.6. The molecule has 0 aliphatic heterocycles. The molecule has 0 unspecified atom stereocenters. The molecule has 0 N–H and O–H groups in total. The van der Waals surface area contributed by atoms with Crippen LogP contribution in [0.25, 0.3) is 32.5 Å². The van der Waals surface area contributed by atoms with Gasteiger partial charge in [-0.25, -0.2) is 22.5 Å². The quantitative estimate of drug-likeness (QED) is 0.104. The summed E-state index contributed by atoms with van der Waals surface area (Å²) >= 11 is 0.589. The maximum absolute atomic E-state index is 15.3. The highest BCUT2D eigenvalue weighted by molar-refractivity contribution is 7.18. The van der Waals surface area contributed by atoms with Crippen molar-refractivity contribution in [2.75, 3.05) is 0 Å². The first kappa shape index (κ1) is 29.0. The zero-order valence-corrected chi connectivity index (χ0v) is 23.5. The monoisotopic (exact) mass is 609 g/mol. The fraction of sp³-hybridized carbons (Fsp3) is 0.206. The Kier molecular flexibility index (Phi) is 7.77. The number of hydrogen-bond donors (Lipinski definition) is 0. The highest BCUT2D eigenvalue weighted by atomic mass is 32.1. The van der Waals surface area contributed by atoms with Crippen LogP contribution < -0.4 is 4.74 Å². The molecule has 5 aromatic rings. The molecule has 1 aliphatic carbocycles. The van der Waals surface area contributed by atoms with E-state index in [-0.39, 0.29) is 11.1 Å². The van der Waals surface area contributed by atoms with Crippen LogP contribution in [-0.4, -0.2) is 4.98 Å². The van der Waals surface area contributed by atoms with Gasteiger partial charge in [-0.2, -0.15) is 8.78 Å². The highest BCUT2D eigenvalue weighted by Gasteiger charge is 2.39. The van der Waals surface area contributed by atoms with Crippen molar-refractivity contribution in [3.05, 3.63) is 119 Å². The smallest absolute Gasteiger partial charge is 0.427 e. The van der Waals surface area contributed by atoms with Crippen molar-refractivity contribution in [2.45, 2.75) is 37.7 Å². The van der Waals surface area contributed by atoms with Crippen LogP contribution in [0.1, 0.15) is 42.2 Å². The lowest BCUT2D eigenvalue weighted by Crippen LogP contribution is -2.21. The summed E-state index contributed by atoms with van der Waals surface area (Å²) in [6.07, 6.45) is 2.53. The van der Waals surface area contributed by atoms with E-state index in [0.717, 1.165) is 36.8 Å². The molecular weight excluding hydrogens is 584 g/mol. The number of aromatic nitrogens is 1. The van der Waals surface area contributed by atoms with Crippen LogP contribution in [0.3, 0.4) is 0 Å². The molecule has 4 aromatic carbocycles. The Labute approximate surface area is 248 Å². The van der Waals surface area contributed by atoms with E-state index in [1.54, 1.807) is 12.1 Å². The number of ether oxygens (including phenoxy) is 1. The van der Waals surface area contributed by atoms with Gasteiger partial charge in [-0.15, -0.1) is 17.9 Å². The molecule has 1 aromatic heterocycles. The van der Waals surface area contributed by atoms with Gasteiger partial charge in [0, 0.05) is 17.7 Å². The van der Waals surface area contributed by atoms with E-state index in [9.17, 15) is 22.0 Å². The average Bonchev–Trinajstić information content (AvgIpc) is 3.45. The van der Waals surface area contributed by atoms with E-state index < -0.39 is 40.1 Å². The van der Waals surface area contributed by atoms with Crippen molar-refractivity contribution < 1.29 is 31.1 Å². The number of nitrogens with zero attached hydrogens (tertiary/aromatic N) is 1. The van der Waals surface area contributed by atoms with Gasteiger partial charge < -0.3 is 4.74 Å². The minimum absolute atomic E-state index is 0.207. The van der Waals surface area contributed by atoms with Crippen molar-refractivity contribution in [1.29, 1.82) is 0 Å². The van der Waals surface area contributed by atoms with Crippen LogP contribution >= 0.6 is 11.3 Å². The molecule has 43 heavy (non-hydrogen) atoms. The van der Waals surface area contributed by atoms with E-state index in [1.807, 2.05) is 24.3 Å². The average molecular weight is 610 g/mol. The summed E-state index contributed by atoms with van der Waals surface area (Å²) in [4.78, 5) is 3.89. The highest BCUT2D eigenvalue weighted by Crippen LogP contribution is 2.40. The molecule has 0 bridgehead atoms. The number of thiazole rings is 1. The van der Waals surface area contributed by atoms with Gasteiger partial charge in [-0.05, 0) is 78.0 Å². The predicted molar refractivity (Wildman–Crippen MR) is 156 cm³/mol. The van der Waals surface area contributed by atoms with Gasteiger partial charge in [0.2, 0.25) is 5.01 Å². The van der Waals surface area contributed by atoms with E-state index in [1.165, 1.54) is 23.8 Å². The Hall–Kier alpha value is -4.11. The lowest BCUT2D eigenvalue weighted by atomic mass is 9.78. The van der Waals surface area contributed by atoms with Gasteiger partial charge in [0.15, 0.2) is 17.5 Å². The maximum atomic E-state index is 15.3. The van der Waals surface area contributed by atoms with Gasteiger partial charge >= 0.3 is 6.11 Å². The molecular formula is C34H25F6NOS. The SMILES string of the molecule is C=CC1CCC(c2ccc(-c3ccc(-c4ccc5nc(C(F)(F)Oc6cc(F)c(F)c(F)c6)sc5c4)c(F)c3)cc2)CC1. The van der Waals surface area contributed by atoms with Crippen molar-refractivity contribution >= 4 is 21.6 Å². The Bertz CT molecular complexity index is 1790. The molecule has 0 atom stereocenters. The minimum atomic E-state index is -4.06. The number of fused-ring (bicyclic) bond motifs is 1. The van der Waals surface area contributed by atoms with E-state index in [0.29, 0.717) is 45.6 Å². The normalized spacial score (nSPS) is 17.3. The Morgan fingerprint density at radius 1 is 0.767 bits per heavy atom. The lowest BCUT2D eigenvalue weighted by Gasteiger charge is -2.27. The second-order valence-electron chi connectivity index (χ2n) is 10.7. The molecule has 6 rings (SSSR count). The molecule has 0 saturated heterocycles. The zero-order valence-electron chi connectivity index (χ0n) is 22.7. The third-order valence-electron chi connectivity index (χ3n) is 7.94. The summed E-state index contributed by atoms with van der Waals surface area (Å²) < 4.78 is 89.9. The van der Waals surface area contributed by atoms with Crippen LogP contribution in [0, 0.1) is 29.2 Å². The summed E-state index contributed by atoms with van der Waals surface area (Å²) in [7, 11) is 0. The molecule has 1 saturated carbocycles. The van der Waals surface area contributed by atoms with Crippen LogP contribution in [0.2, 0.25) is 0 Å². The van der Waals surface area contributed by atoms with E-state index in [4.69, 9.17) is 0 Å². The fourth-order valence-corrected chi connectivity index (χ4v) is 6.48. The van der Waals surface area contributed by atoms with Crippen LogP contribution in [-0.2, 0) is 6.11 Å². The molecule has 0 amide bonds. The molecule has 1 aliphatic rings. The van der Waals surface area contributed by atoms with Crippen LogP contribution in [0.4, 0.5) is 26.3 Å². The summed E-state index contributed by atoms with van der Waals surface area (Å²) in [6, 6.07) is 18.4. The van der Waals surface area contributed by atoms with Crippen molar-refractivity contribution in [3.8, 4) is 28.0 Å². The summed E-state index contributed by atoms with van der Waals surface area (Å²) in [5, 5.41) is -0.780. The lowest BCUT2D eigenvalue weighted by molar-refractivity contribution is -0.185. The minimum Gasteiger partial charge on any atom is -0.427 e. The molecule has 1 heterocycles. The molecule has 1 fully saturated rings. The standard InChI is InChI=1S/C34H25F6NOS/c1-2-19-3-5-20(6-4-19)21-7-9-22(10-8-21)23-11-13-26(27(35)15-23)24-12-14-30-31(16-24)43-33(41-30)34(39,40)42-25-17-28(36)32(38)29(37)18-25/h2,7-20H,1,3-6H2. The van der Waals surface area contributed by atoms with Gasteiger partial charge in [-0.3, -0.25) is 0 Å². The molecule has 0 radical (unpaired) electrons. The predicted octanol–water partition coefficient (Wildman–Crippen LogP) is 10.8. The topological polar surface area (TPSA) is 22.1 Å². The van der Waals surface area contributed by atoms with Crippen LogP contribution in [0.5, 0.6) is 5.75 Å². The Morgan fingerprint density at radius 2 is 1.42 bits per heavy atom. The molecule has 0 spiro atoms. The van der Waals surface area contributed by atoms with Crippen molar-refractivity contribution in [2.24, 2.45) is 5.92 Å². The fourth-order valence-electron chi connectivity index (χ4n) is 5.56. The maximum Gasteiger partial charge on any atom is 0.454 e. The third-order valence-corrected chi connectivity index (χ3v) is 9.01. The van der Waals surface area contributed by atoms with E-state index in [2.05, 4.69) is 28.4 Å². The van der Waals surface area contributed by atoms with Gasteiger partial charge in [0.05, 0.1) is 10.2 Å². The van der Waals surface area contributed by atoms with E-state index >= 15 is 4.39 Å². The molecule has 9 heteroatoms. The third kappa shape index (κ3) is 5.91. The van der Waals surface area contributed by atoms with Crippen molar-refractivity contribution in [3.63, 3.8) is 0 Å². The second-order valence-corrected chi connectivity index (χ2v) is 11.7. The Balaban J connectivity index is 1.20. The summed E-state index contributed by atoms with van der Waals surface area (Å²) in [5.41, 5.74) is 3.85. The first-order valence-electron chi connectivity index (χ1n) is 13.8. The number of benzene rings is 4. The Morgan fingerprint density at radius 3 is 2.07 bits per heavy atom. The summed E-state index contributed by atoms with van der Waals surface area (Å²) in [5.74, 6) is -5.36. The zero-order chi connectivity index (χ0) is 30.3. The number of allylic oxidation sites excluding steroid dienone is 1. The number of rotatable bonds is 7. The van der Waals surface area contributed by atoms with Gasteiger partial charge in [0.25, 0.3) is 0 Å². The second kappa shape index (κ2) is 11.5. The number of hydrogen-bond acceptors (Lipinski definition) is 3. The molecule has 2 nitrogen and oxygen atoms in total. The summed E-state index contributed by atoms with van der Waals surface area (Å²) in [6.45, 7) is 3.91. The van der Waals surface area contributed by atoms with Gasteiger partial charge in [0.1, 0.15) is 11.6 Å². The largest absolute Gasteiger partial charge is 0.454 e. The number of halogens is 6. The van der Waals surface area contributed by atoms with Crippen molar-refractivity contribution in [1.82, 2.24) is 4.98 Å². The van der Waals surface area contributed by atoms with Crippen LogP contribution in [0.15, 0.2) is 85.5 Å². The van der Waals surface area contributed by atoms with Gasteiger partial charge in [-0.1, -0.05) is 48.5 Å². The number of alkyl halides is 2.